The molecule has 0 spiro atoms. The van der Waals surface area contributed by atoms with Crippen LogP contribution >= 0.6 is 0 Å². The summed E-state index contributed by atoms with van der Waals surface area (Å²) in [7, 11) is 0. The van der Waals surface area contributed by atoms with Crippen molar-refractivity contribution in [3.63, 3.8) is 0 Å². The molecule has 0 unspecified atom stereocenters. The smallest absolute Gasteiger partial charge is 0.260 e. The van der Waals surface area contributed by atoms with Crippen LogP contribution in [-0.4, -0.2) is 38.0 Å². The van der Waals surface area contributed by atoms with E-state index in [2.05, 4.69) is 10.5 Å². The van der Waals surface area contributed by atoms with Crippen LogP contribution in [0.15, 0.2) is 23.4 Å². The molecular weight excluding hydrogens is 284 g/mol. The summed E-state index contributed by atoms with van der Waals surface area (Å²) in [6.07, 6.45) is 0. The normalized spacial score (nSPS) is 13.9. The Kier molecular flexibility index (Phi) is 5.63. The van der Waals surface area contributed by atoms with Crippen molar-refractivity contribution < 1.29 is 19.1 Å². The Morgan fingerprint density at radius 1 is 1.32 bits per heavy atom. The standard InChI is InChI=1S/C16H22N2O4/c1-11(2)9-17-16(19)10-22-18-12(3)13-4-5-14-15(8-13)21-7-6-20-14/h4-5,8,11H,6-7,9-10H2,1-3H3,(H,17,19)/b18-12-. The molecule has 1 heterocycles. The highest BCUT2D eigenvalue weighted by molar-refractivity contribution is 5.99. The number of amides is 1. The Labute approximate surface area is 130 Å². The quantitative estimate of drug-likeness (QED) is 0.644. The molecule has 0 saturated heterocycles. The van der Waals surface area contributed by atoms with E-state index in [-0.39, 0.29) is 12.5 Å². The van der Waals surface area contributed by atoms with Gasteiger partial charge in [-0.2, -0.15) is 0 Å². The lowest BCUT2D eigenvalue weighted by molar-refractivity contribution is -0.125. The number of carbonyl (C=O) groups excluding carboxylic acids is 1. The maximum Gasteiger partial charge on any atom is 0.260 e. The average molecular weight is 306 g/mol. The summed E-state index contributed by atoms with van der Waals surface area (Å²) in [6, 6.07) is 5.59. The van der Waals surface area contributed by atoms with Gasteiger partial charge in [0.25, 0.3) is 5.91 Å². The third kappa shape index (κ3) is 4.65. The monoisotopic (exact) mass is 306 g/mol. The molecular formula is C16H22N2O4. The molecule has 6 nitrogen and oxygen atoms in total. The minimum absolute atomic E-state index is 0.0887. The van der Waals surface area contributed by atoms with Gasteiger partial charge in [-0.1, -0.05) is 19.0 Å². The number of carbonyl (C=O) groups is 1. The molecule has 22 heavy (non-hydrogen) atoms. The zero-order chi connectivity index (χ0) is 15.9. The second-order valence-corrected chi connectivity index (χ2v) is 5.51. The summed E-state index contributed by atoms with van der Waals surface area (Å²) in [5.74, 6) is 1.67. The van der Waals surface area contributed by atoms with E-state index in [4.69, 9.17) is 14.3 Å². The summed E-state index contributed by atoms with van der Waals surface area (Å²) >= 11 is 0. The van der Waals surface area contributed by atoms with Gasteiger partial charge in [0.15, 0.2) is 18.1 Å². The molecule has 1 aliphatic heterocycles. The van der Waals surface area contributed by atoms with Gasteiger partial charge in [0.05, 0.1) is 5.71 Å². The number of fused-ring (bicyclic) bond motifs is 1. The number of rotatable bonds is 6. The molecule has 0 bridgehead atoms. The molecule has 0 aliphatic carbocycles. The molecule has 1 aliphatic rings. The van der Waals surface area contributed by atoms with Crippen molar-refractivity contribution in [1.82, 2.24) is 5.32 Å². The minimum atomic E-state index is -0.174. The first-order chi connectivity index (χ1) is 10.6. The van der Waals surface area contributed by atoms with Crippen LogP contribution in [0.1, 0.15) is 26.3 Å². The number of hydrogen-bond acceptors (Lipinski definition) is 5. The lowest BCUT2D eigenvalue weighted by Gasteiger charge is -2.18. The Balaban J connectivity index is 1.88. The Morgan fingerprint density at radius 3 is 2.77 bits per heavy atom. The zero-order valence-corrected chi connectivity index (χ0v) is 13.2. The zero-order valence-electron chi connectivity index (χ0n) is 13.2. The lowest BCUT2D eigenvalue weighted by atomic mass is 10.1. The molecule has 0 aromatic heterocycles. The topological polar surface area (TPSA) is 69.2 Å². The molecule has 1 amide bonds. The van der Waals surface area contributed by atoms with Crippen LogP contribution in [0, 0.1) is 5.92 Å². The van der Waals surface area contributed by atoms with Crippen molar-refractivity contribution >= 4 is 11.6 Å². The van der Waals surface area contributed by atoms with Crippen LogP contribution in [0.25, 0.3) is 0 Å². The van der Waals surface area contributed by atoms with Gasteiger partial charge in [0.2, 0.25) is 0 Å². The number of hydrogen-bond donors (Lipinski definition) is 1. The van der Waals surface area contributed by atoms with E-state index in [1.165, 1.54) is 0 Å². The number of ether oxygens (including phenoxy) is 2. The Morgan fingerprint density at radius 2 is 2.05 bits per heavy atom. The minimum Gasteiger partial charge on any atom is -0.486 e. The first-order valence-corrected chi connectivity index (χ1v) is 7.39. The average Bonchev–Trinajstić information content (AvgIpc) is 2.52. The molecule has 1 aromatic rings. The predicted octanol–water partition coefficient (Wildman–Crippen LogP) is 1.97. The fraction of sp³-hybridized carbons (Fsp3) is 0.500. The van der Waals surface area contributed by atoms with E-state index in [0.717, 1.165) is 11.3 Å². The Hall–Kier alpha value is -2.24. The largest absolute Gasteiger partial charge is 0.486 e. The first-order valence-electron chi connectivity index (χ1n) is 7.39. The second-order valence-electron chi connectivity index (χ2n) is 5.51. The van der Waals surface area contributed by atoms with Crippen molar-refractivity contribution in [2.45, 2.75) is 20.8 Å². The van der Waals surface area contributed by atoms with E-state index in [1.807, 2.05) is 39.0 Å². The lowest BCUT2D eigenvalue weighted by Crippen LogP contribution is -2.30. The van der Waals surface area contributed by atoms with Gasteiger partial charge in [0.1, 0.15) is 13.2 Å². The molecule has 0 fully saturated rings. The summed E-state index contributed by atoms with van der Waals surface area (Å²) in [6.45, 7) is 7.53. The van der Waals surface area contributed by atoms with E-state index >= 15 is 0 Å². The van der Waals surface area contributed by atoms with E-state index in [1.54, 1.807) is 0 Å². The van der Waals surface area contributed by atoms with Gasteiger partial charge in [-0.3, -0.25) is 4.79 Å². The maximum absolute atomic E-state index is 11.5. The molecule has 120 valence electrons. The molecule has 0 saturated carbocycles. The number of benzene rings is 1. The van der Waals surface area contributed by atoms with Gasteiger partial charge >= 0.3 is 0 Å². The first kappa shape index (κ1) is 16.1. The van der Waals surface area contributed by atoms with Crippen LogP contribution in [0.5, 0.6) is 11.5 Å². The predicted molar refractivity (Wildman–Crippen MR) is 83.4 cm³/mol. The van der Waals surface area contributed by atoms with Crippen molar-refractivity contribution in [2.75, 3.05) is 26.4 Å². The fourth-order valence-electron chi connectivity index (χ4n) is 1.88. The molecule has 1 aromatic carbocycles. The van der Waals surface area contributed by atoms with Crippen LogP contribution in [0.3, 0.4) is 0 Å². The molecule has 6 heteroatoms. The van der Waals surface area contributed by atoms with Gasteiger partial charge < -0.3 is 19.6 Å². The van der Waals surface area contributed by atoms with E-state index in [9.17, 15) is 4.79 Å². The third-order valence-electron chi connectivity index (χ3n) is 3.06. The van der Waals surface area contributed by atoms with E-state index in [0.29, 0.717) is 37.1 Å². The third-order valence-corrected chi connectivity index (χ3v) is 3.06. The van der Waals surface area contributed by atoms with Gasteiger partial charge in [-0.25, -0.2) is 0 Å². The summed E-state index contributed by atoms with van der Waals surface area (Å²) in [5.41, 5.74) is 1.54. The second kappa shape index (κ2) is 7.68. The maximum atomic E-state index is 11.5. The number of nitrogens with one attached hydrogen (secondary N) is 1. The van der Waals surface area contributed by atoms with Crippen molar-refractivity contribution in [3.8, 4) is 11.5 Å². The van der Waals surface area contributed by atoms with Crippen molar-refractivity contribution in [2.24, 2.45) is 11.1 Å². The number of nitrogens with zero attached hydrogens (tertiary/aromatic N) is 1. The molecule has 2 rings (SSSR count). The van der Waals surface area contributed by atoms with Crippen molar-refractivity contribution in [3.05, 3.63) is 23.8 Å². The highest BCUT2D eigenvalue weighted by atomic mass is 16.6. The molecule has 0 radical (unpaired) electrons. The van der Waals surface area contributed by atoms with Crippen LogP contribution in [-0.2, 0) is 9.63 Å². The number of oxime groups is 1. The summed E-state index contributed by atoms with van der Waals surface area (Å²) in [4.78, 5) is 16.6. The molecule has 0 atom stereocenters. The SMILES string of the molecule is C/C(=N/OCC(=O)NCC(C)C)c1ccc2c(c1)OCCO2. The van der Waals surface area contributed by atoms with Crippen LogP contribution in [0.2, 0.25) is 0 Å². The van der Waals surface area contributed by atoms with E-state index < -0.39 is 0 Å². The Bertz CT molecular complexity index is 555. The van der Waals surface area contributed by atoms with Crippen LogP contribution in [0.4, 0.5) is 0 Å². The molecule has 1 N–H and O–H groups in total. The highest BCUT2D eigenvalue weighted by Crippen LogP contribution is 2.30. The van der Waals surface area contributed by atoms with Gasteiger partial charge in [-0.05, 0) is 31.0 Å². The van der Waals surface area contributed by atoms with Crippen molar-refractivity contribution in [1.29, 1.82) is 0 Å². The summed E-state index contributed by atoms with van der Waals surface area (Å²) < 4.78 is 11.0. The summed E-state index contributed by atoms with van der Waals surface area (Å²) in [5, 5.41) is 6.74. The highest BCUT2D eigenvalue weighted by Gasteiger charge is 2.12. The van der Waals surface area contributed by atoms with Gasteiger partial charge in [0, 0.05) is 12.1 Å². The van der Waals surface area contributed by atoms with Crippen LogP contribution < -0.4 is 14.8 Å². The van der Waals surface area contributed by atoms with Gasteiger partial charge in [-0.15, -0.1) is 0 Å². The fourth-order valence-corrected chi connectivity index (χ4v) is 1.88.